The lowest BCUT2D eigenvalue weighted by Crippen LogP contribution is -2.49. The third-order valence-corrected chi connectivity index (χ3v) is 9.56. The van der Waals surface area contributed by atoms with E-state index in [0.29, 0.717) is 62.1 Å². The smallest absolute Gasteiger partial charge is 0.293 e. The van der Waals surface area contributed by atoms with Gasteiger partial charge in [0.25, 0.3) is 5.69 Å². The predicted octanol–water partition coefficient (Wildman–Crippen LogP) is -0.487. The number of fused-ring (bicyclic) bond motifs is 1. The number of nitro groups is 1. The number of benzene rings is 3. The van der Waals surface area contributed by atoms with Gasteiger partial charge in [0, 0.05) is 76.2 Å². The molecule has 0 amide bonds. The van der Waals surface area contributed by atoms with Crippen LogP contribution >= 0.6 is 0 Å². The summed E-state index contributed by atoms with van der Waals surface area (Å²) in [6, 6.07) is 10.7. The van der Waals surface area contributed by atoms with Gasteiger partial charge in [-0.15, -0.1) is 0 Å². The summed E-state index contributed by atoms with van der Waals surface area (Å²) in [5.74, 6) is 0. The molecule has 0 radical (unpaired) electrons. The molecule has 3 aromatic rings. The zero-order valence-electron chi connectivity index (χ0n) is 23.8. The molecule has 0 saturated carbocycles. The molecule has 3 aromatic carbocycles. The van der Waals surface area contributed by atoms with E-state index in [-0.39, 0.29) is 58.5 Å². The molecule has 1 N–H and O–H groups in total. The number of piperazine rings is 1. The van der Waals surface area contributed by atoms with Crippen molar-refractivity contribution < 1.29 is 18.1 Å². The van der Waals surface area contributed by atoms with Crippen molar-refractivity contribution in [3.63, 3.8) is 0 Å². The number of ether oxygens (including phenoxy) is 1. The first-order valence-electron chi connectivity index (χ1n) is 14.0. The third kappa shape index (κ3) is 6.34. The summed E-state index contributed by atoms with van der Waals surface area (Å²) in [6.45, 7) is 4.31. The van der Waals surface area contributed by atoms with Crippen LogP contribution in [0.5, 0.6) is 0 Å². The van der Waals surface area contributed by atoms with Gasteiger partial charge in [-0.2, -0.15) is 9.41 Å². The number of anilines is 1. The fourth-order valence-electron chi connectivity index (χ4n) is 5.42. The number of nitrogens with one attached hydrogen (secondary N) is 1. The maximum absolute atomic E-state index is 13.0. The lowest BCUT2D eigenvalue weighted by atomic mass is 10.1. The average molecular weight is 612 g/mol. The van der Waals surface area contributed by atoms with Gasteiger partial charge in [0.15, 0.2) is 5.36 Å². The summed E-state index contributed by atoms with van der Waals surface area (Å²) in [5.41, 5.74) is 2.05. The molecule has 43 heavy (non-hydrogen) atoms. The van der Waals surface area contributed by atoms with Gasteiger partial charge in [0.05, 0.1) is 23.0 Å². The number of nitro benzene ring substituents is 1. The minimum Gasteiger partial charge on any atom is -0.379 e. The van der Waals surface area contributed by atoms with Gasteiger partial charge < -0.3 is 15.1 Å². The van der Waals surface area contributed by atoms with Crippen LogP contribution in [0.1, 0.15) is 6.42 Å². The molecule has 0 spiro atoms. The highest BCUT2D eigenvalue weighted by atomic mass is 32.2. The Hall–Kier alpha value is -4.05. The molecule has 5 rings (SSSR count). The van der Waals surface area contributed by atoms with Gasteiger partial charge >= 0.3 is 0 Å². The van der Waals surface area contributed by atoms with Crippen LogP contribution in [0.2, 0.25) is 0 Å². The predicted molar refractivity (Wildman–Crippen MR) is 160 cm³/mol. The third-order valence-electron chi connectivity index (χ3n) is 7.66. The van der Waals surface area contributed by atoms with Crippen LogP contribution in [-0.2, 0) is 14.8 Å². The summed E-state index contributed by atoms with van der Waals surface area (Å²) < 4.78 is 32.6. The highest BCUT2D eigenvalue weighted by molar-refractivity contribution is 7.89. The van der Waals surface area contributed by atoms with E-state index in [2.05, 4.69) is 20.4 Å². The molecule has 14 nitrogen and oxygen atoms in total. The Morgan fingerprint density at radius 1 is 0.953 bits per heavy atom. The summed E-state index contributed by atoms with van der Waals surface area (Å²) in [7, 11) is -2.31. The summed E-state index contributed by atoms with van der Waals surface area (Å²) in [5, 5.41) is 16.6. The van der Waals surface area contributed by atoms with Crippen LogP contribution in [0, 0.1) is 10.1 Å². The molecule has 0 bridgehead atoms. The lowest BCUT2D eigenvalue weighted by Gasteiger charge is -2.35. The number of hydrogen-bond donors (Lipinski definition) is 1. The number of morpholine rings is 1. The fourth-order valence-corrected chi connectivity index (χ4v) is 6.85. The molecule has 0 atom stereocenters. The van der Waals surface area contributed by atoms with E-state index in [1.807, 2.05) is 4.90 Å². The fraction of sp³-hybridized carbons (Fsp3) is 0.429. The Kier molecular flexibility index (Phi) is 9.25. The van der Waals surface area contributed by atoms with Crippen LogP contribution in [-0.4, -0.2) is 95.2 Å². The SMILES string of the molecule is CNN=c1c(=NCCCN2CCN(c3ccc(S(=O)(=O)N4CCOCC4)cc3[N+](=O)[O-])CC2)c(=O)c2ccccc2c1=O. The molecule has 2 aliphatic rings. The molecular formula is C28H33N7O7S. The molecule has 228 valence electrons. The molecule has 2 saturated heterocycles. The monoisotopic (exact) mass is 611 g/mol. The molecule has 0 aliphatic carbocycles. The second-order valence-corrected chi connectivity index (χ2v) is 12.2. The van der Waals surface area contributed by atoms with Crippen LogP contribution in [0.15, 0.2) is 67.0 Å². The minimum absolute atomic E-state index is 0.00479. The summed E-state index contributed by atoms with van der Waals surface area (Å²) in [6.07, 6.45) is 0.633. The summed E-state index contributed by atoms with van der Waals surface area (Å²) in [4.78, 5) is 45.8. The van der Waals surface area contributed by atoms with Gasteiger partial charge in [-0.1, -0.05) is 24.3 Å². The van der Waals surface area contributed by atoms with E-state index in [9.17, 15) is 28.1 Å². The van der Waals surface area contributed by atoms with E-state index in [1.165, 1.54) is 16.4 Å². The number of rotatable bonds is 9. The molecule has 2 fully saturated rings. The van der Waals surface area contributed by atoms with Crippen molar-refractivity contribution in [2.24, 2.45) is 10.1 Å². The Balaban J connectivity index is 1.24. The van der Waals surface area contributed by atoms with Crippen molar-refractivity contribution >= 4 is 32.2 Å². The van der Waals surface area contributed by atoms with Crippen molar-refractivity contribution in [2.45, 2.75) is 11.3 Å². The standard InChI is InChI=1S/C28H33N7O7S/c1-29-31-26-25(27(36)21-5-2-3-6-22(21)28(26)37)30-9-4-10-32-11-13-33(14-12-32)23-8-7-20(19-24(23)35(38)39)43(40,41)34-15-17-42-18-16-34/h2-3,5-8,19,29H,4,9-18H2,1H3. The van der Waals surface area contributed by atoms with Gasteiger partial charge in [0.2, 0.25) is 20.9 Å². The first-order chi connectivity index (χ1) is 20.7. The zero-order chi connectivity index (χ0) is 30.6. The molecule has 0 aromatic heterocycles. The van der Waals surface area contributed by atoms with Crippen molar-refractivity contribution in [1.82, 2.24) is 14.6 Å². The summed E-state index contributed by atoms with van der Waals surface area (Å²) >= 11 is 0. The van der Waals surface area contributed by atoms with Crippen molar-refractivity contribution in [3.8, 4) is 0 Å². The molecular weight excluding hydrogens is 578 g/mol. The number of hydrogen-bond acceptors (Lipinski definition) is 12. The second-order valence-electron chi connectivity index (χ2n) is 10.2. The van der Waals surface area contributed by atoms with E-state index >= 15 is 0 Å². The quantitative estimate of drug-likeness (QED) is 0.190. The maximum Gasteiger partial charge on any atom is 0.293 e. The molecule has 2 heterocycles. The van der Waals surface area contributed by atoms with E-state index in [1.54, 1.807) is 31.3 Å². The van der Waals surface area contributed by atoms with Gasteiger partial charge in [-0.25, -0.2) is 8.42 Å². The number of nitrogens with zero attached hydrogens (tertiary/aromatic N) is 6. The highest BCUT2D eigenvalue weighted by Gasteiger charge is 2.30. The highest BCUT2D eigenvalue weighted by Crippen LogP contribution is 2.32. The van der Waals surface area contributed by atoms with Gasteiger partial charge in [0.1, 0.15) is 11.0 Å². The topological polar surface area (TPSA) is 167 Å². The molecule has 0 unspecified atom stereocenters. The van der Waals surface area contributed by atoms with Crippen LogP contribution in [0.3, 0.4) is 0 Å². The Morgan fingerprint density at radius 2 is 1.60 bits per heavy atom. The zero-order valence-corrected chi connectivity index (χ0v) is 24.6. The first kappa shape index (κ1) is 30.4. The lowest BCUT2D eigenvalue weighted by molar-refractivity contribution is -0.384. The largest absolute Gasteiger partial charge is 0.379 e. The van der Waals surface area contributed by atoms with Crippen molar-refractivity contribution in [1.29, 1.82) is 0 Å². The maximum atomic E-state index is 13.0. The first-order valence-corrected chi connectivity index (χ1v) is 15.5. The minimum atomic E-state index is -3.86. The van der Waals surface area contributed by atoms with Crippen LogP contribution < -0.4 is 31.9 Å². The van der Waals surface area contributed by atoms with Gasteiger partial charge in [-0.05, 0) is 18.6 Å². The Labute approximate surface area is 247 Å². The van der Waals surface area contributed by atoms with E-state index in [0.717, 1.165) is 6.07 Å². The average Bonchev–Trinajstić information content (AvgIpc) is 3.03. The van der Waals surface area contributed by atoms with Gasteiger partial charge in [-0.3, -0.25) is 29.6 Å². The van der Waals surface area contributed by atoms with Crippen LogP contribution in [0.4, 0.5) is 11.4 Å². The Bertz CT molecular complexity index is 1840. The van der Waals surface area contributed by atoms with E-state index < -0.39 is 14.9 Å². The Morgan fingerprint density at radius 3 is 2.23 bits per heavy atom. The van der Waals surface area contributed by atoms with Crippen molar-refractivity contribution in [2.75, 3.05) is 77.5 Å². The van der Waals surface area contributed by atoms with Crippen molar-refractivity contribution in [3.05, 3.63) is 83.7 Å². The molecule has 15 heteroatoms. The second kappa shape index (κ2) is 13.1. The molecule has 2 aliphatic heterocycles. The number of sulfonamides is 1. The van der Waals surface area contributed by atoms with Crippen LogP contribution in [0.25, 0.3) is 10.8 Å². The normalized spacial score (nSPS) is 17.9. The van der Waals surface area contributed by atoms with E-state index in [4.69, 9.17) is 4.74 Å².